The van der Waals surface area contributed by atoms with Crippen molar-refractivity contribution in [3.8, 4) is 5.75 Å². The van der Waals surface area contributed by atoms with Gasteiger partial charge in [0.25, 0.3) is 0 Å². The molecule has 0 aliphatic rings. The second kappa shape index (κ2) is 11.0. The lowest BCUT2D eigenvalue weighted by Crippen LogP contribution is -2.10. The molecule has 0 saturated carbocycles. The summed E-state index contributed by atoms with van der Waals surface area (Å²) >= 11 is 0. The van der Waals surface area contributed by atoms with Crippen LogP contribution in [0.3, 0.4) is 0 Å². The van der Waals surface area contributed by atoms with E-state index in [1.54, 1.807) is 31.2 Å². The van der Waals surface area contributed by atoms with Crippen molar-refractivity contribution in [1.29, 1.82) is 0 Å². The van der Waals surface area contributed by atoms with Gasteiger partial charge in [-0.05, 0) is 18.6 Å². The first kappa shape index (κ1) is 18.4. The number of ketones is 1. The highest BCUT2D eigenvalue weighted by molar-refractivity contribution is 5.99. The van der Waals surface area contributed by atoms with Crippen LogP contribution in [0, 0.1) is 0 Å². The molecule has 0 atom stereocenters. The lowest BCUT2D eigenvalue weighted by atomic mass is 10.1. The summed E-state index contributed by atoms with van der Waals surface area (Å²) in [5.41, 5.74) is 0.498. The topological polar surface area (TPSA) is 43.4 Å². The van der Waals surface area contributed by atoms with Crippen molar-refractivity contribution in [1.82, 2.24) is 0 Å². The number of carbonyl (C=O) groups is 2. The van der Waals surface area contributed by atoms with E-state index < -0.39 is 0 Å². The molecular formula is C19H28O3. The van der Waals surface area contributed by atoms with Crippen molar-refractivity contribution in [3.63, 3.8) is 0 Å². The highest BCUT2D eigenvalue weighted by Crippen LogP contribution is 2.20. The molecule has 0 saturated heterocycles. The maximum absolute atomic E-state index is 11.9. The van der Waals surface area contributed by atoms with Gasteiger partial charge in [0.2, 0.25) is 0 Å². The minimum atomic E-state index is -0.245. The third-order valence-corrected chi connectivity index (χ3v) is 3.72. The minimum Gasteiger partial charge on any atom is -0.426 e. The van der Waals surface area contributed by atoms with E-state index in [1.165, 1.54) is 32.1 Å². The van der Waals surface area contributed by atoms with Crippen molar-refractivity contribution in [3.05, 3.63) is 29.8 Å². The lowest BCUT2D eigenvalue weighted by molar-refractivity contribution is -0.134. The molecule has 122 valence electrons. The summed E-state index contributed by atoms with van der Waals surface area (Å²) < 4.78 is 5.35. The monoisotopic (exact) mass is 304 g/mol. The van der Waals surface area contributed by atoms with E-state index in [4.69, 9.17) is 4.74 Å². The third kappa shape index (κ3) is 6.88. The maximum atomic E-state index is 11.9. The Labute approximate surface area is 134 Å². The summed E-state index contributed by atoms with van der Waals surface area (Å²) in [6.45, 7) is 4.01. The third-order valence-electron chi connectivity index (χ3n) is 3.72. The van der Waals surface area contributed by atoms with E-state index in [9.17, 15) is 9.59 Å². The standard InChI is InChI=1S/C19H28O3/c1-3-5-6-7-8-9-10-15-19(21)22-18-14-12-11-13-16(18)17(20)4-2/h11-14H,3-10,15H2,1-2H3. The van der Waals surface area contributed by atoms with Crippen LogP contribution in [0.2, 0.25) is 0 Å². The molecule has 0 aliphatic carbocycles. The molecule has 1 rings (SSSR count). The Kier molecular flexibility index (Phi) is 9.20. The second-order valence-corrected chi connectivity index (χ2v) is 5.62. The molecule has 0 aliphatic heterocycles. The fourth-order valence-electron chi connectivity index (χ4n) is 2.38. The molecule has 0 fully saturated rings. The largest absolute Gasteiger partial charge is 0.426 e. The van der Waals surface area contributed by atoms with E-state index in [0.717, 1.165) is 12.8 Å². The van der Waals surface area contributed by atoms with Crippen LogP contribution in [0.5, 0.6) is 5.75 Å². The van der Waals surface area contributed by atoms with Gasteiger partial charge in [-0.2, -0.15) is 0 Å². The van der Waals surface area contributed by atoms with Crippen molar-refractivity contribution in [2.75, 3.05) is 0 Å². The van der Waals surface area contributed by atoms with Crippen LogP contribution in [0.1, 0.15) is 82.0 Å². The van der Waals surface area contributed by atoms with Gasteiger partial charge < -0.3 is 4.74 Å². The molecule has 22 heavy (non-hydrogen) atoms. The van der Waals surface area contributed by atoms with Crippen LogP contribution in [-0.2, 0) is 4.79 Å². The quantitative estimate of drug-likeness (QED) is 0.240. The molecule has 0 spiro atoms. The molecule has 0 heterocycles. The molecule has 0 N–H and O–H groups in total. The Hall–Kier alpha value is -1.64. The number of Topliss-reactive ketones (excluding diaryl/α,β-unsaturated/α-hetero) is 1. The van der Waals surface area contributed by atoms with Gasteiger partial charge in [-0.15, -0.1) is 0 Å². The highest BCUT2D eigenvalue weighted by atomic mass is 16.5. The summed E-state index contributed by atoms with van der Waals surface area (Å²) in [5.74, 6) is 0.145. The average Bonchev–Trinajstić information content (AvgIpc) is 2.54. The van der Waals surface area contributed by atoms with E-state index in [0.29, 0.717) is 24.2 Å². The molecule has 3 heteroatoms. The number of unbranched alkanes of at least 4 members (excludes halogenated alkanes) is 6. The predicted octanol–water partition coefficient (Wildman–Crippen LogP) is 5.33. The fourth-order valence-corrected chi connectivity index (χ4v) is 2.38. The zero-order valence-corrected chi connectivity index (χ0v) is 13.9. The van der Waals surface area contributed by atoms with Crippen LogP contribution in [0.25, 0.3) is 0 Å². The van der Waals surface area contributed by atoms with Crippen molar-refractivity contribution < 1.29 is 14.3 Å². The smallest absolute Gasteiger partial charge is 0.311 e. The van der Waals surface area contributed by atoms with Crippen LogP contribution >= 0.6 is 0 Å². The van der Waals surface area contributed by atoms with E-state index in [1.807, 2.05) is 0 Å². The van der Waals surface area contributed by atoms with E-state index >= 15 is 0 Å². The number of hydrogen-bond donors (Lipinski definition) is 0. The zero-order chi connectivity index (χ0) is 16.2. The Bertz CT molecular complexity index is 466. The van der Waals surface area contributed by atoms with Gasteiger partial charge in [-0.1, -0.05) is 64.5 Å². The van der Waals surface area contributed by atoms with E-state index in [2.05, 4.69) is 6.92 Å². The first-order valence-corrected chi connectivity index (χ1v) is 8.52. The molecule has 0 amide bonds. The minimum absolute atomic E-state index is 0.000626. The Morgan fingerprint density at radius 1 is 0.909 bits per heavy atom. The zero-order valence-electron chi connectivity index (χ0n) is 13.9. The van der Waals surface area contributed by atoms with Crippen molar-refractivity contribution in [2.45, 2.75) is 71.6 Å². The average molecular weight is 304 g/mol. The predicted molar refractivity (Wildman–Crippen MR) is 89.3 cm³/mol. The Morgan fingerprint density at radius 3 is 2.23 bits per heavy atom. The van der Waals surface area contributed by atoms with Gasteiger partial charge in [0, 0.05) is 12.8 Å². The molecule has 0 aromatic heterocycles. The lowest BCUT2D eigenvalue weighted by Gasteiger charge is -2.08. The first-order valence-electron chi connectivity index (χ1n) is 8.52. The Balaban J connectivity index is 2.32. The van der Waals surface area contributed by atoms with Gasteiger partial charge in [-0.3, -0.25) is 9.59 Å². The number of hydrogen-bond acceptors (Lipinski definition) is 3. The van der Waals surface area contributed by atoms with Gasteiger partial charge in [-0.25, -0.2) is 0 Å². The van der Waals surface area contributed by atoms with Gasteiger partial charge >= 0.3 is 5.97 Å². The molecule has 0 radical (unpaired) electrons. The van der Waals surface area contributed by atoms with Gasteiger partial charge in [0.1, 0.15) is 5.75 Å². The normalized spacial score (nSPS) is 10.5. The Morgan fingerprint density at radius 2 is 1.55 bits per heavy atom. The fraction of sp³-hybridized carbons (Fsp3) is 0.579. The first-order chi connectivity index (χ1) is 10.7. The second-order valence-electron chi connectivity index (χ2n) is 5.62. The molecule has 3 nitrogen and oxygen atoms in total. The molecule has 1 aromatic carbocycles. The SMILES string of the molecule is CCCCCCCCCC(=O)Oc1ccccc1C(=O)CC. The number of para-hydroxylation sites is 1. The van der Waals surface area contributed by atoms with E-state index in [-0.39, 0.29) is 11.8 Å². The summed E-state index contributed by atoms with van der Waals surface area (Å²) in [7, 11) is 0. The van der Waals surface area contributed by atoms with Crippen LogP contribution in [0.4, 0.5) is 0 Å². The van der Waals surface area contributed by atoms with Crippen molar-refractivity contribution >= 4 is 11.8 Å². The molecule has 0 unspecified atom stereocenters. The van der Waals surface area contributed by atoms with Crippen LogP contribution in [0.15, 0.2) is 24.3 Å². The van der Waals surface area contributed by atoms with Gasteiger partial charge in [0.05, 0.1) is 5.56 Å². The van der Waals surface area contributed by atoms with Crippen LogP contribution in [-0.4, -0.2) is 11.8 Å². The number of esters is 1. The summed E-state index contributed by atoms with van der Waals surface area (Å²) in [6.07, 6.45) is 9.01. The van der Waals surface area contributed by atoms with Gasteiger partial charge in [0.15, 0.2) is 5.78 Å². The molecule has 1 aromatic rings. The number of ether oxygens (including phenoxy) is 1. The number of rotatable bonds is 11. The van der Waals surface area contributed by atoms with Crippen LogP contribution < -0.4 is 4.74 Å². The number of carbonyl (C=O) groups excluding carboxylic acids is 2. The van der Waals surface area contributed by atoms with Crippen molar-refractivity contribution in [2.24, 2.45) is 0 Å². The number of benzene rings is 1. The molecule has 0 bridgehead atoms. The molecular weight excluding hydrogens is 276 g/mol. The summed E-state index contributed by atoms with van der Waals surface area (Å²) in [5, 5.41) is 0. The summed E-state index contributed by atoms with van der Waals surface area (Å²) in [4.78, 5) is 23.7. The highest BCUT2D eigenvalue weighted by Gasteiger charge is 2.13. The summed E-state index contributed by atoms with van der Waals surface area (Å²) in [6, 6.07) is 6.97. The maximum Gasteiger partial charge on any atom is 0.311 e.